The Hall–Kier alpha value is -1.31. The van der Waals surface area contributed by atoms with E-state index in [2.05, 4.69) is 12.5 Å². The molecule has 0 amide bonds. The lowest BCUT2D eigenvalue weighted by atomic mass is 9.99. The molecule has 0 aliphatic carbocycles. The van der Waals surface area contributed by atoms with E-state index in [0.717, 1.165) is 12.8 Å². The Morgan fingerprint density at radius 1 is 1.71 bits per heavy atom. The van der Waals surface area contributed by atoms with Crippen LogP contribution in [0.25, 0.3) is 0 Å². The van der Waals surface area contributed by atoms with Crippen molar-refractivity contribution in [1.29, 1.82) is 0 Å². The minimum Gasteiger partial charge on any atom is -0.453 e. The third-order valence-corrected chi connectivity index (χ3v) is 2.61. The number of hydrogen-bond donors (Lipinski definition) is 0. The number of ether oxygens (including phenoxy) is 3. The zero-order chi connectivity index (χ0) is 12.7. The van der Waals surface area contributed by atoms with Crippen LogP contribution in [0.1, 0.15) is 26.2 Å². The highest BCUT2D eigenvalue weighted by Crippen LogP contribution is 2.32. The van der Waals surface area contributed by atoms with Crippen molar-refractivity contribution >= 4 is 5.97 Å². The van der Waals surface area contributed by atoms with Crippen LogP contribution in [0, 0.1) is 12.3 Å². The van der Waals surface area contributed by atoms with Gasteiger partial charge in [-0.1, -0.05) is 12.5 Å². The molecule has 0 saturated carbocycles. The average Bonchev–Trinajstić information content (AvgIpc) is 2.34. The van der Waals surface area contributed by atoms with E-state index in [1.54, 1.807) is 0 Å². The molecule has 1 fully saturated rings. The zero-order valence-corrected chi connectivity index (χ0v) is 10.1. The molecule has 0 bridgehead atoms. The molecular weight excluding hydrogens is 220 g/mol. The maximum atomic E-state index is 11.1. The molecule has 2 atom stereocenters. The molecule has 1 unspecified atom stereocenters. The number of carbonyl (C=O) groups is 1. The van der Waals surface area contributed by atoms with Gasteiger partial charge in [0.25, 0.3) is 0 Å². The van der Waals surface area contributed by atoms with E-state index in [9.17, 15) is 4.79 Å². The summed E-state index contributed by atoms with van der Waals surface area (Å²) in [5.74, 6) is 1.03. The smallest absolute Gasteiger partial charge is 0.303 e. The molecule has 0 N–H and O–H groups in total. The van der Waals surface area contributed by atoms with Gasteiger partial charge >= 0.3 is 5.97 Å². The van der Waals surface area contributed by atoms with Gasteiger partial charge in [0.1, 0.15) is 6.61 Å². The topological polar surface area (TPSA) is 44.8 Å². The van der Waals surface area contributed by atoms with Crippen molar-refractivity contribution in [3.05, 3.63) is 12.7 Å². The molecule has 17 heavy (non-hydrogen) atoms. The summed E-state index contributed by atoms with van der Waals surface area (Å²) >= 11 is 0. The highest BCUT2D eigenvalue weighted by molar-refractivity contribution is 5.66. The predicted octanol–water partition coefficient (Wildman–Crippen LogP) is 1.65. The average molecular weight is 238 g/mol. The van der Waals surface area contributed by atoms with E-state index < -0.39 is 17.9 Å². The van der Waals surface area contributed by atoms with E-state index in [0.29, 0.717) is 13.0 Å². The third-order valence-electron chi connectivity index (χ3n) is 2.61. The molecular formula is C13H18O4. The van der Waals surface area contributed by atoms with Crippen molar-refractivity contribution in [3.63, 3.8) is 0 Å². The number of terminal acetylenes is 1. The molecule has 1 heterocycles. The lowest BCUT2D eigenvalue weighted by Gasteiger charge is -2.40. The van der Waals surface area contributed by atoms with Crippen LogP contribution in [0.15, 0.2) is 12.7 Å². The van der Waals surface area contributed by atoms with Crippen molar-refractivity contribution in [2.45, 2.75) is 38.1 Å². The summed E-state index contributed by atoms with van der Waals surface area (Å²) in [4.78, 5) is 11.1. The van der Waals surface area contributed by atoms with Gasteiger partial charge in [-0.05, 0) is 18.9 Å². The van der Waals surface area contributed by atoms with Crippen molar-refractivity contribution in [1.82, 2.24) is 0 Å². The van der Waals surface area contributed by atoms with E-state index in [1.807, 2.05) is 0 Å². The molecule has 1 aliphatic rings. The Bertz CT molecular complexity index is 310. The van der Waals surface area contributed by atoms with Crippen LogP contribution >= 0.6 is 0 Å². The molecule has 4 nitrogen and oxygen atoms in total. The first-order valence-electron chi connectivity index (χ1n) is 5.66. The van der Waals surface area contributed by atoms with Gasteiger partial charge in [-0.15, -0.1) is 6.42 Å². The van der Waals surface area contributed by atoms with E-state index in [-0.39, 0.29) is 6.61 Å². The standard InChI is InChI=1S/C13H18O4/c1-4-9-15-13(8-6-7-10-16-13)12(5-2)17-11(3)14/h1,5,12H,2,6-10H2,3H3/t12-,13?/m1/s1. The highest BCUT2D eigenvalue weighted by Gasteiger charge is 2.43. The lowest BCUT2D eigenvalue weighted by molar-refractivity contribution is -0.287. The summed E-state index contributed by atoms with van der Waals surface area (Å²) in [6.45, 7) is 5.68. The number of esters is 1. The van der Waals surface area contributed by atoms with Crippen molar-refractivity contribution in [3.8, 4) is 12.3 Å². The Morgan fingerprint density at radius 2 is 2.47 bits per heavy atom. The Balaban J connectivity index is 2.81. The summed E-state index contributed by atoms with van der Waals surface area (Å²) in [6, 6.07) is 0. The number of hydrogen-bond acceptors (Lipinski definition) is 4. The molecule has 1 rings (SSSR count). The van der Waals surface area contributed by atoms with Crippen LogP contribution in [0.2, 0.25) is 0 Å². The van der Waals surface area contributed by atoms with Gasteiger partial charge in [0, 0.05) is 13.3 Å². The molecule has 4 heteroatoms. The fraction of sp³-hybridized carbons (Fsp3) is 0.615. The van der Waals surface area contributed by atoms with Gasteiger partial charge in [-0.25, -0.2) is 0 Å². The second kappa shape index (κ2) is 6.43. The fourth-order valence-corrected chi connectivity index (χ4v) is 1.87. The molecule has 94 valence electrons. The van der Waals surface area contributed by atoms with E-state index in [1.165, 1.54) is 13.0 Å². The first-order chi connectivity index (χ1) is 8.14. The van der Waals surface area contributed by atoms with Gasteiger partial charge in [-0.2, -0.15) is 0 Å². The highest BCUT2D eigenvalue weighted by atomic mass is 16.7. The zero-order valence-electron chi connectivity index (χ0n) is 10.1. The fourth-order valence-electron chi connectivity index (χ4n) is 1.87. The molecule has 0 spiro atoms. The van der Waals surface area contributed by atoms with Crippen LogP contribution < -0.4 is 0 Å². The number of carbonyl (C=O) groups excluding carboxylic acids is 1. The molecule has 0 radical (unpaired) electrons. The SMILES string of the molecule is C#CCOC1([C@@H](C=C)OC(C)=O)CCCCO1. The van der Waals surface area contributed by atoms with Crippen LogP contribution in [0.4, 0.5) is 0 Å². The minimum atomic E-state index is -0.974. The molecule has 1 aliphatic heterocycles. The van der Waals surface area contributed by atoms with Crippen molar-refractivity contribution < 1.29 is 19.0 Å². The minimum absolute atomic E-state index is 0.117. The largest absolute Gasteiger partial charge is 0.453 e. The van der Waals surface area contributed by atoms with Gasteiger partial charge in [0.05, 0.1) is 6.61 Å². The summed E-state index contributed by atoms with van der Waals surface area (Å²) in [5.41, 5.74) is 0. The normalized spacial score (nSPS) is 25.6. The molecule has 0 aromatic carbocycles. The van der Waals surface area contributed by atoms with Crippen LogP contribution in [0.3, 0.4) is 0 Å². The quantitative estimate of drug-likeness (QED) is 0.415. The maximum absolute atomic E-state index is 11.1. The summed E-state index contributed by atoms with van der Waals surface area (Å²) < 4.78 is 16.4. The molecule has 0 aromatic heterocycles. The Morgan fingerprint density at radius 3 is 2.94 bits per heavy atom. The van der Waals surface area contributed by atoms with Gasteiger partial charge in [0.2, 0.25) is 5.79 Å². The van der Waals surface area contributed by atoms with Gasteiger partial charge in [-0.3, -0.25) is 4.79 Å². The second-order valence-corrected chi connectivity index (χ2v) is 3.88. The summed E-state index contributed by atoms with van der Waals surface area (Å²) in [5, 5.41) is 0. The van der Waals surface area contributed by atoms with Crippen LogP contribution in [-0.2, 0) is 19.0 Å². The van der Waals surface area contributed by atoms with Gasteiger partial charge < -0.3 is 14.2 Å². The van der Waals surface area contributed by atoms with Crippen LogP contribution in [-0.4, -0.2) is 31.1 Å². The summed E-state index contributed by atoms with van der Waals surface area (Å²) in [6.07, 6.45) is 8.61. The Kier molecular flexibility index (Phi) is 5.20. The summed E-state index contributed by atoms with van der Waals surface area (Å²) in [7, 11) is 0. The van der Waals surface area contributed by atoms with Crippen molar-refractivity contribution in [2.75, 3.05) is 13.2 Å². The Labute approximate surface area is 102 Å². The second-order valence-electron chi connectivity index (χ2n) is 3.88. The van der Waals surface area contributed by atoms with E-state index >= 15 is 0 Å². The van der Waals surface area contributed by atoms with Crippen LogP contribution in [0.5, 0.6) is 0 Å². The molecule has 1 saturated heterocycles. The number of rotatable bonds is 5. The maximum Gasteiger partial charge on any atom is 0.303 e. The lowest BCUT2D eigenvalue weighted by Crippen LogP contribution is -2.50. The monoisotopic (exact) mass is 238 g/mol. The third kappa shape index (κ3) is 3.58. The predicted molar refractivity (Wildman–Crippen MR) is 63.1 cm³/mol. The molecule has 0 aromatic rings. The first kappa shape index (κ1) is 13.8. The van der Waals surface area contributed by atoms with Gasteiger partial charge in [0.15, 0.2) is 6.10 Å². The van der Waals surface area contributed by atoms with E-state index in [4.69, 9.17) is 20.6 Å². The van der Waals surface area contributed by atoms with Crippen molar-refractivity contribution in [2.24, 2.45) is 0 Å². The first-order valence-corrected chi connectivity index (χ1v) is 5.66.